The maximum absolute atomic E-state index is 13.1. The number of fused-ring (bicyclic) bond motifs is 1. The van der Waals surface area contributed by atoms with Gasteiger partial charge in [0.05, 0.1) is 6.04 Å². The van der Waals surface area contributed by atoms with E-state index < -0.39 is 35.9 Å². The second kappa shape index (κ2) is 11.5. The molecule has 3 aromatic rings. The molecule has 0 radical (unpaired) electrons. The van der Waals surface area contributed by atoms with Gasteiger partial charge in [0, 0.05) is 23.5 Å². The van der Waals surface area contributed by atoms with E-state index in [1.165, 1.54) is 12.1 Å². The first-order valence-electron chi connectivity index (χ1n) is 11.6. The van der Waals surface area contributed by atoms with Gasteiger partial charge in [0.2, 0.25) is 11.8 Å². The number of aromatic hydroxyl groups is 1. The number of aromatic nitrogens is 1. The number of phenolic OH excluding ortho intramolecular Hbond substituents is 1. The molecule has 4 unspecified atom stereocenters. The van der Waals surface area contributed by atoms with Gasteiger partial charge in [0.15, 0.2) is 0 Å². The number of rotatable bonds is 11. The van der Waals surface area contributed by atoms with Crippen molar-refractivity contribution >= 4 is 28.7 Å². The number of carbonyl (C=O) groups is 3. The minimum Gasteiger partial charge on any atom is -0.508 e. The highest BCUT2D eigenvalue weighted by molar-refractivity contribution is 5.92. The molecule has 9 heteroatoms. The SMILES string of the molecule is CCC(C)C(NC(=O)C(N)Cc1c[nH]c2ccccc12)C(=O)NC(Cc1ccc(O)cc1)C(=O)O. The Morgan fingerprint density at radius 1 is 1.00 bits per heavy atom. The van der Waals surface area contributed by atoms with Gasteiger partial charge in [-0.25, -0.2) is 4.79 Å². The van der Waals surface area contributed by atoms with Crippen LogP contribution >= 0.6 is 0 Å². The monoisotopic (exact) mass is 480 g/mol. The Labute approximate surface area is 203 Å². The molecule has 7 N–H and O–H groups in total. The maximum Gasteiger partial charge on any atom is 0.326 e. The van der Waals surface area contributed by atoms with Gasteiger partial charge in [-0.1, -0.05) is 50.6 Å². The summed E-state index contributed by atoms with van der Waals surface area (Å²) >= 11 is 0. The number of carboxylic acid groups (broad SMARTS) is 1. The highest BCUT2D eigenvalue weighted by Crippen LogP contribution is 2.19. The molecule has 0 spiro atoms. The van der Waals surface area contributed by atoms with Gasteiger partial charge in [-0.05, 0) is 41.7 Å². The third kappa shape index (κ3) is 6.60. The van der Waals surface area contributed by atoms with Crippen molar-refractivity contribution in [2.45, 2.75) is 51.2 Å². The van der Waals surface area contributed by atoms with Gasteiger partial charge in [0.25, 0.3) is 0 Å². The van der Waals surface area contributed by atoms with Crippen LogP contribution in [0.15, 0.2) is 54.7 Å². The van der Waals surface area contributed by atoms with Crippen LogP contribution in [-0.2, 0) is 27.2 Å². The summed E-state index contributed by atoms with van der Waals surface area (Å²) in [6.07, 6.45) is 2.72. The number of nitrogens with two attached hydrogens (primary N) is 1. The molecule has 0 bridgehead atoms. The fourth-order valence-electron chi connectivity index (χ4n) is 3.92. The Morgan fingerprint density at radius 2 is 1.69 bits per heavy atom. The lowest BCUT2D eigenvalue weighted by Crippen LogP contribution is -2.57. The number of para-hydroxylation sites is 1. The number of amides is 2. The summed E-state index contributed by atoms with van der Waals surface area (Å²) in [5, 5.41) is 25.3. The van der Waals surface area contributed by atoms with Crippen molar-refractivity contribution in [3.8, 4) is 5.75 Å². The molecule has 1 heterocycles. The first-order valence-corrected chi connectivity index (χ1v) is 11.6. The summed E-state index contributed by atoms with van der Waals surface area (Å²) in [6.45, 7) is 3.69. The number of carboxylic acids is 1. The summed E-state index contributed by atoms with van der Waals surface area (Å²) < 4.78 is 0. The summed E-state index contributed by atoms with van der Waals surface area (Å²) in [5.41, 5.74) is 8.66. The number of carbonyl (C=O) groups excluding carboxylic acids is 2. The Hall–Kier alpha value is -3.85. The molecule has 2 amide bonds. The number of nitrogens with one attached hydrogen (secondary N) is 3. The third-order valence-corrected chi connectivity index (χ3v) is 6.24. The van der Waals surface area contributed by atoms with Crippen molar-refractivity contribution in [3.05, 3.63) is 65.9 Å². The molecule has 1 aromatic heterocycles. The van der Waals surface area contributed by atoms with E-state index in [4.69, 9.17) is 5.73 Å². The van der Waals surface area contributed by atoms with Crippen LogP contribution in [0.5, 0.6) is 5.75 Å². The summed E-state index contributed by atoms with van der Waals surface area (Å²) in [6, 6.07) is 10.8. The van der Waals surface area contributed by atoms with Crippen LogP contribution in [0.25, 0.3) is 10.9 Å². The third-order valence-electron chi connectivity index (χ3n) is 6.24. The van der Waals surface area contributed by atoms with Gasteiger partial charge in [-0.3, -0.25) is 9.59 Å². The van der Waals surface area contributed by atoms with Crippen molar-refractivity contribution in [3.63, 3.8) is 0 Å². The zero-order valence-corrected chi connectivity index (χ0v) is 19.8. The number of aliphatic carboxylic acids is 1. The Kier molecular flexibility index (Phi) is 8.48. The van der Waals surface area contributed by atoms with E-state index in [0.717, 1.165) is 16.5 Å². The predicted molar refractivity (Wildman–Crippen MR) is 133 cm³/mol. The molecule has 3 rings (SSSR count). The van der Waals surface area contributed by atoms with Crippen LogP contribution < -0.4 is 16.4 Å². The predicted octanol–water partition coefficient (Wildman–Crippen LogP) is 2.09. The maximum atomic E-state index is 13.1. The normalized spacial score (nSPS) is 14.6. The zero-order valence-electron chi connectivity index (χ0n) is 19.8. The molecular formula is C26H32N4O5. The standard InChI is InChI=1S/C26H32N4O5/c1-3-15(2)23(25(33)29-22(26(34)35)12-16-8-10-18(31)11-9-16)30-24(32)20(27)13-17-14-28-21-7-5-4-6-19(17)21/h4-11,14-15,20,22-23,28,31H,3,12-13,27H2,1-2H3,(H,29,33)(H,30,32)(H,34,35). The van der Waals surface area contributed by atoms with Crippen molar-refractivity contribution < 1.29 is 24.6 Å². The van der Waals surface area contributed by atoms with Gasteiger partial charge < -0.3 is 31.6 Å². The minimum atomic E-state index is -1.20. The van der Waals surface area contributed by atoms with Gasteiger partial charge in [-0.15, -0.1) is 0 Å². The van der Waals surface area contributed by atoms with E-state index in [9.17, 15) is 24.6 Å². The second-order valence-corrected chi connectivity index (χ2v) is 8.81. The molecular weight excluding hydrogens is 448 g/mol. The minimum absolute atomic E-state index is 0.0304. The topological polar surface area (TPSA) is 158 Å². The molecule has 4 atom stereocenters. The largest absolute Gasteiger partial charge is 0.508 e. The first kappa shape index (κ1) is 25.8. The Balaban J connectivity index is 1.68. The van der Waals surface area contributed by atoms with Crippen LogP contribution in [0.2, 0.25) is 0 Å². The number of hydrogen-bond donors (Lipinski definition) is 6. The smallest absolute Gasteiger partial charge is 0.326 e. The van der Waals surface area contributed by atoms with Crippen molar-refractivity contribution in [1.82, 2.24) is 15.6 Å². The molecule has 35 heavy (non-hydrogen) atoms. The van der Waals surface area contributed by atoms with Crippen LogP contribution in [0.3, 0.4) is 0 Å². The van der Waals surface area contributed by atoms with E-state index in [0.29, 0.717) is 12.0 Å². The molecule has 2 aromatic carbocycles. The zero-order chi connectivity index (χ0) is 25.5. The quantitative estimate of drug-likeness (QED) is 0.247. The lowest BCUT2D eigenvalue weighted by Gasteiger charge is -2.26. The fourth-order valence-corrected chi connectivity index (χ4v) is 3.92. The van der Waals surface area contributed by atoms with E-state index in [1.807, 2.05) is 44.3 Å². The van der Waals surface area contributed by atoms with Crippen molar-refractivity contribution in [2.75, 3.05) is 0 Å². The number of phenols is 1. The number of H-pyrrole nitrogens is 1. The Bertz CT molecular complexity index is 1170. The van der Waals surface area contributed by atoms with E-state index in [1.54, 1.807) is 12.1 Å². The molecule has 0 saturated carbocycles. The highest BCUT2D eigenvalue weighted by Gasteiger charge is 2.31. The highest BCUT2D eigenvalue weighted by atomic mass is 16.4. The molecule has 0 fully saturated rings. The fraction of sp³-hybridized carbons (Fsp3) is 0.346. The molecule has 9 nitrogen and oxygen atoms in total. The molecule has 0 saturated heterocycles. The van der Waals surface area contributed by atoms with Crippen LogP contribution in [-0.4, -0.2) is 51.1 Å². The Morgan fingerprint density at radius 3 is 2.34 bits per heavy atom. The molecule has 186 valence electrons. The van der Waals surface area contributed by atoms with Gasteiger partial charge >= 0.3 is 5.97 Å². The second-order valence-electron chi connectivity index (χ2n) is 8.81. The van der Waals surface area contributed by atoms with E-state index in [2.05, 4.69) is 15.6 Å². The summed E-state index contributed by atoms with van der Waals surface area (Å²) in [5.74, 6) is -2.45. The average molecular weight is 481 g/mol. The van der Waals surface area contributed by atoms with Crippen LogP contribution in [0, 0.1) is 5.92 Å². The van der Waals surface area contributed by atoms with Crippen molar-refractivity contribution in [1.29, 1.82) is 0 Å². The lowest BCUT2D eigenvalue weighted by molar-refractivity contribution is -0.142. The average Bonchev–Trinajstić information content (AvgIpc) is 3.25. The lowest BCUT2D eigenvalue weighted by atomic mass is 9.96. The van der Waals surface area contributed by atoms with Gasteiger partial charge in [0.1, 0.15) is 17.8 Å². The van der Waals surface area contributed by atoms with Crippen LogP contribution in [0.4, 0.5) is 0 Å². The first-order chi connectivity index (χ1) is 16.7. The van der Waals surface area contributed by atoms with E-state index >= 15 is 0 Å². The van der Waals surface area contributed by atoms with E-state index in [-0.39, 0.29) is 24.5 Å². The summed E-state index contributed by atoms with van der Waals surface area (Å²) in [4.78, 5) is 41.0. The van der Waals surface area contributed by atoms with Gasteiger partial charge in [-0.2, -0.15) is 0 Å². The van der Waals surface area contributed by atoms with Crippen LogP contribution in [0.1, 0.15) is 31.4 Å². The molecule has 0 aliphatic rings. The van der Waals surface area contributed by atoms with Crippen molar-refractivity contribution in [2.24, 2.45) is 11.7 Å². The number of aromatic amines is 1. The number of benzene rings is 2. The summed E-state index contributed by atoms with van der Waals surface area (Å²) in [7, 11) is 0. The number of hydrogen-bond acceptors (Lipinski definition) is 5. The molecule has 0 aliphatic carbocycles. The molecule has 0 aliphatic heterocycles.